The summed E-state index contributed by atoms with van der Waals surface area (Å²) >= 11 is 0. The van der Waals surface area contributed by atoms with Gasteiger partial charge in [0.25, 0.3) is 0 Å². The summed E-state index contributed by atoms with van der Waals surface area (Å²) in [6, 6.07) is 6.56. The van der Waals surface area contributed by atoms with Crippen molar-refractivity contribution >= 4 is 11.7 Å². The molecule has 1 atom stereocenters. The molecule has 0 saturated heterocycles. The Morgan fingerprint density at radius 2 is 2.29 bits per heavy atom. The second kappa shape index (κ2) is 7.51. The quantitative estimate of drug-likeness (QED) is 0.808. The van der Waals surface area contributed by atoms with Crippen LogP contribution in [0.3, 0.4) is 0 Å². The number of aromatic nitrogens is 2. The number of benzene rings is 1. The molecule has 1 aromatic heterocycles. The molecular weight excluding hydrogens is 302 g/mol. The minimum absolute atomic E-state index is 0.0723. The van der Waals surface area contributed by atoms with Crippen LogP contribution in [-0.4, -0.2) is 33.7 Å². The van der Waals surface area contributed by atoms with Gasteiger partial charge in [0.05, 0.1) is 6.33 Å². The van der Waals surface area contributed by atoms with Crippen molar-refractivity contribution in [3.05, 3.63) is 48.0 Å². The zero-order valence-corrected chi connectivity index (χ0v) is 14.2. The molecule has 0 radical (unpaired) electrons. The first kappa shape index (κ1) is 16.6. The highest BCUT2D eigenvalue weighted by Crippen LogP contribution is 2.39. The van der Waals surface area contributed by atoms with Crippen LogP contribution in [0.2, 0.25) is 0 Å². The van der Waals surface area contributed by atoms with Gasteiger partial charge in [-0.25, -0.2) is 4.98 Å². The lowest BCUT2D eigenvalue weighted by Gasteiger charge is -2.17. The fraction of sp³-hybridized carbons (Fsp3) is 0.474. The minimum atomic E-state index is -0.772. The Bertz CT molecular complexity index is 682. The van der Waals surface area contributed by atoms with Crippen molar-refractivity contribution in [3.8, 4) is 0 Å². The number of aryl methyl sites for hydroxylation is 2. The van der Waals surface area contributed by atoms with Crippen LogP contribution in [0, 0.1) is 0 Å². The van der Waals surface area contributed by atoms with E-state index in [4.69, 9.17) is 0 Å². The molecule has 1 unspecified atom stereocenters. The van der Waals surface area contributed by atoms with Crippen LogP contribution < -0.4 is 4.90 Å². The second-order valence-corrected chi connectivity index (χ2v) is 6.56. The third-order valence-corrected chi connectivity index (χ3v) is 4.75. The van der Waals surface area contributed by atoms with Gasteiger partial charge in [0.15, 0.2) is 0 Å². The van der Waals surface area contributed by atoms with Crippen molar-refractivity contribution in [1.82, 2.24) is 9.55 Å². The monoisotopic (exact) mass is 327 g/mol. The van der Waals surface area contributed by atoms with E-state index in [0.717, 1.165) is 31.6 Å². The number of unbranched alkanes of at least 4 members (excludes halogenated alkanes) is 1. The van der Waals surface area contributed by atoms with Gasteiger partial charge in [0.2, 0.25) is 0 Å². The molecule has 1 N–H and O–H groups in total. The van der Waals surface area contributed by atoms with E-state index in [0.29, 0.717) is 5.92 Å². The molecule has 5 heteroatoms. The van der Waals surface area contributed by atoms with Crippen molar-refractivity contribution in [1.29, 1.82) is 0 Å². The number of aliphatic carboxylic acids is 1. The van der Waals surface area contributed by atoms with Crippen LogP contribution in [0.15, 0.2) is 36.9 Å². The molecule has 3 rings (SSSR count). The van der Waals surface area contributed by atoms with E-state index in [9.17, 15) is 9.90 Å². The molecule has 0 fully saturated rings. The first-order valence-corrected chi connectivity index (χ1v) is 8.72. The highest BCUT2D eigenvalue weighted by molar-refractivity contribution is 5.76. The number of hydrogen-bond acceptors (Lipinski definition) is 3. The molecule has 2 aromatic rings. The highest BCUT2D eigenvalue weighted by atomic mass is 16.4. The Labute approximate surface area is 142 Å². The van der Waals surface area contributed by atoms with E-state index >= 15 is 0 Å². The van der Waals surface area contributed by atoms with Crippen LogP contribution in [0.1, 0.15) is 43.2 Å². The summed E-state index contributed by atoms with van der Waals surface area (Å²) in [4.78, 5) is 17.3. The normalized spacial score (nSPS) is 16.4. The van der Waals surface area contributed by atoms with Crippen LogP contribution >= 0.6 is 0 Å². The van der Waals surface area contributed by atoms with Gasteiger partial charge in [0, 0.05) is 37.1 Å². The molecule has 1 aromatic carbocycles. The molecule has 1 aliphatic heterocycles. The van der Waals surface area contributed by atoms with Crippen molar-refractivity contribution in [2.45, 2.75) is 45.1 Å². The maximum atomic E-state index is 11.2. The maximum absolute atomic E-state index is 11.2. The molecule has 0 aliphatic carbocycles. The predicted molar refractivity (Wildman–Crippen MR) is 94.5 cm³/mol. The summed E-state index contributed by atoms with van der Waals surface area (Å²) in [5.74, 6) is -0.394. The molecule has 24 heavy (non-hydrogen) atoms. The smallest absolute Gasteiger partial charge is 0.323 e. The lowest BCUT2D eigenvalue weighted by Crippen LogP contribution is -2.28. The number of imidazole rings is 1. The molecule has 0 spiro atoms. The molecular formula is C19H25N3O2. The lowest BCUT2D eigenvalue weighted by molar-refractivity contribution is -0.135. The van der Waals surface area contributed by atoms with Gasteiger partial charge < -0.3 is 14.6 Å². The number of carboxylic acids is 1. The Balaban J connectivity index is 1.78. The number of rotatable bonds is 8. The molecule has 0 bridgehead atoms. The molecule has 1 aliphatic rings. The van der Waals surface area contributed by atoms with Crippen molar-refractivity contribution in [2.24, 2.45) is 0 Å². The SMILES string of the molecule is CCCCc1ccc2c(c1)C(CCn1ccnc1)CN2CC(=O)O. The molecule has 0 amide bonds. The van der Waals surface area contributed by atoms with Gasteiger partial charge >= 0.3 is 5.97 Å². The van der Waals surface area contributed by atoms with E-state index in [-0.39, 0.29) is 6.54 Å². The summed E-state index contributed by atoms with van der Waals surface area (Å²) < 4.78 is 2.08. The van der Waals surface area contributed by atoms with Crippen molar-refractivity contribution in [3.63, 3.8) is 0 Å². The second-order valence-electron chi connectivity index (χ2n) is 6.56. The summed E-state index contributed by atoms with van der Waals surface area (Å²) in [5.41, 5.74) is 3.76. The topological polar surface area (TPSA) is 58.4 Å². The van der Waals surface area contributed by atoms with Gasteiger partial charge in [-0.1, -0.05) is 25.5 Å². The molecule has 5 nitrogen and oxygen atoms in total. The summed E-state index contributed by atoms with van der Waals surface area (Å²) in [7, 11) is 0. The van der Waals surface area contributed by atoms with Gasteiger partial charge in [-0.15, -0.1) is 0 Å². The van der Waals surface area contributed by atoms with Crippen LogP contribution in [0.4, 0.5) is 5.69 Å². The van der Waals surface area contributed by atoms with Crippen molar-refractivity contribution in [2.75, 3.05) is 18.0 Å². The first-order valence-electron chi connectivity index (χ1n) is 8.72. The molecule has 0 saturated carbocycles. The summed E-state index contributed by atoms with van der Waals surface area (Å²) in [5, 5.41) is 9.18. The van der Waals surface area contributed by atoms with Gasteiger partial charge in [0.1, 0.15) is 6.54 Å². The number of carboxylic acid groups (broad SMARTS) is 1. The van der Waals surface area contributed by atoms with E-state index in [2.05, 4.69) is 34.7 Å². The van der Waals surface area contributed by atoms with E-state index < -0.39 is 5.97 Å². The van der Waals surface area contributed by atoms with E-state index in [1.807, 2.05) is 17.4 Å². The van der Waals surface area contributed by atoms with Crippen LogP contribution in [-0.2, 0) is 17.8 Å². The zero-order valence-electron chi connectivity index (χ0n) is 14.2. The van der Waals surface area contributed by atoms with Crippen LogP contribution in [0.5, 0.6) is 0 Å². The molecule has 2 heterocycles. The Morgan fingerprint density at radius 3 is 3.00 bits per heavy atom. The third-order valence-electron chi connectivity index (χ3n) is 4.75. The number of anilines is 1. The Morgan fingerprint density at radius 1 is 1.42 bits per heavy atom. The minimum Gasteiger partial charge on any atom is -0.480 e. The van der Waals surface area contributed by atoms with Gasteiger partial charge in [-0.3, -0.25) is 4.79 Å². The Kier molecular flexibility index (Phi) is 5.18. The van der Waals surface area contributed by atoms with Crippen molar-refractivity contribution < 1.29 is 9.90 Å². The standard InChI is InChI=1S/C19H25N3O2/c1-2-3-4-15-5-6-18-17(11-15)16(12-22(18)13-19(23)24)7-9-21-10-8-20-14-21/h5-6,8,10-11,14,16H,2-4,7,9,12-13H2,1H3,(H,23,24). The Hall–Kier alpha value is -2.30. The zero-order chi connectivity index (χ0) is 16.9. The molecule has 128 valence electrons. The maximum Gasteiger partial charge on any atom is 0.323 e. The first-order chi connectivity index (χ1) is 11.7. The summed E-state index contributed by atoms with van der Waals surface area (Å²) in [6.45, 7) is 3.97. The summed E-state index contributed by atoms with van der Waals surface area (Å²) in [6.07, 6.45) is 10.1. The predicted octanol–water partition coefficient (Wildman–Crippen LogP) is 3.30. The average molecular weight is 327 g/mol. The van der Waals surface area contributed by atoms with Gasteiger partial charge in [-0.2, -0.15) is 0 Å². The average Bonchev–Trinajstić information content (AvgIpc) is 3.19. The number of hydrogen-bond donors (Lipinski definition) is 1. The fourth-order valence-electron chi connectivity index (χ4n) is 3.50. The third kappa shape index (κ3) is 3.78. The van der Waals surface area contributed by atoms with Gasteiger partial charge in [-0.05, 0) is 36.5 Å². The fourth-order valence-corrected chi connectivity index (χ4v) is 3.50. The largest absolute Gasteiger partial charge is 0.480 e. The van der Waals surface area contributed by atoms with E-state index in [1.165, 1.54) is 24.0 Å². The highest BCUT2D eigenvalue weighted by Gasteiger charge is 2.29. The van der Waals surface area contributed by atoms with Crippen LogP contribution in [0.25, 0.3) is 0 Å². The number of carbonyl (C=O) groups is 1. The lowest BCUT2D eigenvalue weighted by atomic mass is 9.95. The van der Waals surface area contributed by atoms with E-state index in [1.54, 1.807) is 6.20 Å². The number of nitrogens with zero attached hydrogens (tertiary/aromatic N) is 3. The number of fused-ring (bicyclic) bond motifs is 1.